The zero-order chi connectivity index (χ0) is 20.4. The first-order valence-electron chi connectivity index (χ1n) is 9.21. The number of nitrogens with zero attached hydrogens (tertiary/aromatic N) is 2. The second-order valence-electron chi connectivity index (χ2n) is 6.82. The number of anilines is 3. The number of carbonyl (C=O) groups excluding carboxylic acids is 1. The van der Waals surface area contributed by atoms with Crippen LogP contribution in [0.15, 0.2) is 67.0 Å². The first kappa shape index (κ1) is 19.0. The van der Waals surface area contributed by atoms with Gasteiger partial charge in [0.25, 0.3) is 5.91 Å². The Balaban J connectivity index is 1.62. The molecule has 0 fully saturated rings. The van der Waals surface area contributed by atoms with Crippen LogP contribution in [-0.4, -0.2) is 17.4 Å². The number of para-hydroxylation sites is 2. The number of pyridine rings is 1. The van der Waals surface area contributed by atoms with E-state index in [2.05, 4.69) is 10.3 Å². The molecule has 0 saturated carbocycles. The number of hydrogen-bond donors (Lipinski definition) is 1. The largest absolute Gasteiger partial charge is 0.418 e. The van der Waals surface area contributed by atoms with Gasteiger partial charge < -0.3 is 10.2 Å². The number of alkyl halides is 3. The summed E-state index contributed by atoms with van der Waals surface area (Å²) in [7, 11) is 0. The number of halogens is 3. The fourth-order valence-electron chi connectivity index (χ4n) is 3.52. The third-order valence-electron chi connectivity index (χ3n) is 4.85. The van der Waals surface area contributed by atoms with Gasteiger partial charge in [-0.3, -0.25) is 9.78 Å². The van der Waals surface area contributed by atoms with Gasteiger partial charge in [-0.25, -0.2) is 0 Å². The highest BCUT2D eigenvalue weighted by molar-refractivity contribution is 6.07. The maximum atomic E-state index is 13.2. The summed E-state index contributed by atoms with van der Waals surface area (Å²) < 4.78 is 39.7. The number of aromatic nitrogens is 1. The Morgan fingerprint density at radius 2 is 1.79 bits per heavy atom. The second-order valence-corrected chi connectivity index (χ2v) is 6.82. The molecule has 1 amide bonds. The quantitative estimate of drug-likeness (QED) is 0.640. The van der Waals surface area contributed by atoms with E-state index >= 15 is 0 Å². The molecule has 0 unspecified atom stereocenters. The van der Waals surface area contributed by atoms with Crippen LogP contribution in [0.2, 0.25) is 0 Å². The molecule has 0 bridgehead atoms. The van der Waals surface area contributed by atoms with Crippen LogP contribution >= 0.6 is 0 Å². The van der Waals surface area contributed by atoms with E-state index in [0.717, 1.165) is 30.2 Å². The van der Waals surface area contributed by atoms with Gasteiger partial charge in [0, 0.05) is 18.4 Å². The summed E-state index contributed by atoms with van der Waals surface area (Å²) >= 11 is 0. The molecule has 1 aliphatic heterocycles. The lowest BCUT2D eigenvalue weighted by atomic mass is 10.0. The van der Waals surface area contributed by atoms with Gasteiger partial charge in [-0.05, 0) is 42.7 Å². The van der Waals surface area contributed by atoms with Gasteiger partial charge in [0.05, 0.1) is 28.7 Å². The van der Waals surface area contributed by atoms with Crippen molar-refractivity contribution in [1.29, 1.82) is 0 Å². The summed E-state index contributed by atoms with van der Waals surface area (Å²) in [5, 5.41) is 2.74. The minimum Gasteiger partial charge on any atom is -0.354 e. The second kappa shape index (κ2) is 7.58. The van der Waals surface area contributed by atoms with E-state index < -0.39 is 11.7 Å². The van der Waals surface area contributed by atoms with Crippen LogP contribution in [0.25, 0.3) is 0 Å². The standard InChI is InChI=1S/C22H18F3N3O/c23-22(24,25)18-8-2-3-9-19(18)27-17-12-16(13-26-14-17)21(29)28-11-5-7-15-6-1-4-10-20(15)28/h1-4,6,8-10,12-14,27H,5,7,11H2. The lowest BCUT2D eigenvalue weighted by Gasteiger charge is -2.29. The SMILES string of the molecule is O=C(c1cncc(Nc2ccccc2C(F)(F)F)c1)N1CCCc2ccccc21. The van der Waals surface area contributed by atoms with Crippen molar-refractivity contribution in [3.63, 3.8) is 0 Å². The van der Waals surface area contributed by atoms with Crippen molar-refractivity contribution in [3.05, 3.63) is 83.7 Å². The van der Waals surface area contributed by atoms with Crippen LogP contribution in [0.3, 0.4) is 0 Å². The molecule has 0 atom stereocenters. The van der Waals surface area contributed by atoms with Gasteiger partial charge in [-0.15, -0.1) is 0 Å². The first-order valence-corrected chi connectivity index (χ1v) is 9.21. The van der Waals surface area contributed by atoms with Crippen LogP contribution in [0.1, 0.15) is 27.9 Å². The van der Waals surface area contributed by atoms with Gasteiger partial charge >= 0.3 is 6.18 Å². The number of nitrogens with one attached hydrogen (secondary N) is 1. The molecule has 1 aromatic heterocycles. The van der Waals surface area contributed by atoms with Crippen LogP contribution in [-0.2, 0) is 12.6 Å². The average Bonchev–Trinajstić information content (AvgIpc) is 2.73. The normalized spacial score (nSPS) is 13.7. The Labute approximate surface area is 166 Å². The number of hydrogen-bond acceptors (Lipinski definition) is 3. The molecule has 29 heavy (non-hydrogen) atoms. The maximum Gasteiger partial charge on any atom is 0.418 e. The third-order valence-corrected chi connectivity index (χ3v) is 4.85. The molecule has 1 N–H and O–H groups in total. The number of amides is 1. The van der Waals surface area contributed by atoms with Gasteiger partial charge in [-0.2, -0.15) is 13.2 Å². The topological polar surface area (TPSA) is 45.2 Å². The minimum absolute atomic E-state index is 0.0882. The van der Waals surface area contributed by atoms with Crippen LogP contribution in [0.4, 0.5) is 30.2 Å². The fraction of sp³-hybridized carbons (Fsp3) is 0.182. The Bertz CT molecular complexity index is 1050. The van der Waals surface area contributed by atoms with Crippen LogP contribution in [0.5, 0.6) is 0 Å². The van der Waals surface area contributed by atoms with E-state index in [1.807, 2.05) is 24.3 Å². The summed E-state index contributed by atoms with van der Waals surface area (Å²) in [6.07, 6.45) is 0.109. The summed E-state index contributed by atoms with van der Waals surface area (Å²) in [5.74, 6) is -0.225. The van der Waals surface area contributed by atoms with Gasteiger partial charge in [-0.1, -0.05) is 30.3 Å². The Hall–Kier alpha value is -3.35. The molecule has 0 radical (unpaired) electrons. The number of benzene rings is 2. The van der Waals surface area contributed by atoms with Crippen molar-refractivity contribution in [1.82, 2.24) is 4.98 Å². The van der Waals surface area contributed by atoms with Crippen molar-refractivity contribution in [3.8, 4) is 0 Å². The molecule has 2 heterocycles. The summed E-state index contributed by atoms with van der Waals surface area (Å²) in [5.41, 5.74) is 1.74. The monoisotopic (exact) mass is 397 g/mol. The minimum atomic E-state index is -4.48. The van der Waals surface area contributed by atoms with Crippen molar-refractivity contribution < 1.29 is 18.0 Å². The molecule has 4 rings (SSSR count). The van der Waals surface area contributed by atoms with E-state index in [-0.39, 0.29) is 11.6 Å². The van der Waals surface area contributed by atoms with Crippen LogP contribution in [0, 0.1) is 0 Å². The molecule has 0 saturated heterocycles. The van der Waals surface area contributed by atoms with Crippen LogP contribution < -0.4 is 10.2 Å². The lowest BCUT2D eigenvalue weighted by Crippen LogP contribution is -2.35. The van der Waals surface area contributed by atoms with Gasteiger partial charge in [0.2, 0.25) is 0 Å². The van der Waals surface area contributed by atoms with Crippen molar-refractivity contribution in [2.24, 2.45) is 0 Å². The highest BCUT2D eigenvalue weighted by Crippen LogP contribution is 2.36. The number of rotatable bonds is 3. The lowest BCUT2D eigenvalue weighted by molar-refractivity contribution is -0.136. The molecule has 7 heteroatoms. The zero-order valence-electron chi connectivity index (χ0n) is 15.4. The molecule has 4 nitrogen and oxygen atoms in total. The molecule has 2 aromatic carbocycles. The molecule has 3 aromatic rings. The summed E-state index contributed by atoms with van der Waals surface area (Å²) in [6.45, 7) is 0.588. The molecule has 148 valence electrons. The van der Waals surface area contributed by atoms with Crippen molar-refractivity contribution in [2.75, 3.05) is 16.8 Å². The molecule has 0 spiro atoms. The van der Waals surface area contributed by atoms with E-state index in [4.69, 9.17) is 0 Å². The number of carbonyl (C=O) groups is 1. The molecule has 0 aliphatic carbocycles. The van der Waals surface area contributed by atoms with E-state index in [1.54, 1.807) is 4.90 Å². The van der Waals surface area contributed by atoms with E-state index in [1.165, 1.54) is 36.7 Å². The Kier molecular flexibility index (Phi) is 4.96. The summed E-state index contributed by atoms with van der Waals surface area (Å²) in [4.78, 5) is 18.8. The van der Waals surface area contributed by atoms with Gasteiger partial charge in [0.15, 0.2) is 0 Å². The highest BCUT2D eigenvalue weighted by Gasteiger charge is 2.33. The smallest absolute Gasteiger partial charge is 0.354 e. The molecular formula is C22H18F3N3O. The predicted octanol–water partition coefficient (Wildman–Crippen LogP) is 5.44. The van der Waals surface area contributed by atoms with Crippen molar-refractivity contribution in [2.45, 2.75) is 19.0 Å². The Morgan fingerprint density at radius 3 is 2.62 bits per heavy atom. The van der Waals surface area contributed by atoms with E-state index in [9.17, 15) is 18.0 Å². The highest BCUT2D eigenvalue weighted by atomic mass is 19.4. The molecular weight excluding hydrogens is 379 g/mol. The number of fused-ring (bicyclic) bond motifs is 1. The number of aryl methyl sites for hydroxylation is 1. The van der Waals surface area contributed by atoms with Crippen molar-refractivity contribution >= 4 is 23.0 Å². The molecule has 1 aliphatic rings. The third kappa shape index (κ3) is 3.94. The predicted molar refractivity (Wildman–Crippen MR) is 105 cm³/mol. The van der Waals surface area contributed by atoms with E-state index in [0.29, 0.717) is 17.8 Å². The summed E-state index contributed by atoms with van der Waals surface area (Å²) in [6, 6.07) is 14.5. The zero-order valence-corrected chi connectivity index (χ0v) is 15.4. The fourth-order valence-corrected chi connectivity index (χ4v) is 3.52. The van der Waals surface area contributed by atoms with Gasteiger partial charge in [0.1, 0.15) is 0 Å². The average molecular weight is 397 g/mol. The first-order chi connectivity index (χ1) is 13.9. The Morgan fingerprint density at radius 1 is 1.03 bits per heavy atom. The maximum absolute atomic E-state index is 13.2.